The van der Waals surface area contributed by atoms with E-state index in [1.54, 1.807) is 17.0 Å². The average molecular weight is 462 g/mol. The zero-order valence-corrected chi connectivity index (χ0v) is 19.2. The van der Waals surface area contributed by atoms with E-state index in [9.17, 15) is 18.5 Å². The first-order chi connectivity index (χ1) is 14.6. The Morgan fingerprint density at radius 3 is 2.39 bits per heavy atom. The lowest BCUT2D eigenvalue weighted by molar-refractivity contribution is 0.0740. The number of sulfone groups is 1. The number of carbonyl (C=O) groups excluding carboxylic acids is 1. The van der Waals surface area contributed by atoms with Crippen molar-refractivity contribution in [1.82, 2.24) is 4.90 Å². The third-order valence-corrected chi connectivity index (χ3v) is 6.30. The predicted molar refractivity (Wildman–Crippen MR) is 120 cm³/mol. The maximum atomic E-state index is 13.3. The largest absolute Gasteiger partial charge is 0.490 e. The van der Waals surface area contributed by atoms with Gasteiger partial charge in [0.25, 0.3) is 5.91 Å². The first-order valence-electron chi connectivity index (χ1n) is 9.85. The molecular weight excluding hydrogens is 438 g/mol. The Morgan fingerprint density at radius 1 is 1.13 bits per heavy atom. The van der Waals surface area contributed by atoms with Gasteiger partial charge in [0.15, 0.2) is 9.84 Å². The second kappa shape index (κ2) is 9.16. The Kier molecular flexibility index (Phi) is 6.77. The summed E-state index contributed by atoms with van der Waals surface area (Å²) in [7, 11) is -3.47. The van der Waals surface area contributed by atoms with E-state index in [0.29, 0.717) is 42.5 Å². The number of nitriles is 1. The van der Waals surface area contributed by atoms with Crippen LogP contribution in [0.2, 0.25) is 5.02 Å². The van der Waals surface area contributed by atoms with E-state index in [-0.39, 0.29) is 22.5 Å². The van der Waals surface area contributed by atoms with Crippen LogP contribution in [0.25, 0.3) is 0 Å². The molecule has 0 saturated carbocycles. The maximum Gasteiger partial charge on any atom is 0.257 e. The van der Waals surface area contributed by atoms with Gasteiger partial charge in [-0.3, -0.25) is 4.79 Å². The molecule has 1 aliphatic rings. The van der Waals surface area contributed by atoms with E-state index in [2.05, 4.69) is 6.07 Å². The van der Waals surface area contributed by atoms with Crippen molar-refractivity contribution < 1.29 is 17.9 Å². The minimum Gasteiger partial charge on any atom is -0.490 e. The molecule has 0 aromatic heterocycles. The summed E-state index contributed by atoms with van der Waals surface area (Å²) in [6.07, 6.45) is 0.943. The number of anilines is 1. The van der Waals surface area contributed by atoms with Gasteiger partial charge in [-0.2, -0.15) is 5.26 Å². The third kappa shape index (κ3) is 5.30. The van der Waals surface area contributed by atoms with Gasteiger partial charge in [-0.1, -0.05) is 11.6 Å². The number of ether oxygens (including phenoxy) is 1. The molecule has 1 fully saturated rings. The zero-order chi connectivity index (χ0) is 22.8. The molecular formula is C22H24ClN3O4S. The zero-order valence-electron chi connectivity index (χ0n) is 17.6. The SMILES string of the molecule is CC(C)Oc1ccc(S(C)(=O)=O)cc1C(=O)N1CCN(c2ccc(Cl)cc2C#N)CC1. The van der Waals surface area contributed by atoms with Gasteiger partial charge >= 0.3 is 0 Å². The van der Waals surface area contributed by atoms with E-state index in [1.807, 2.05) is 24.8 Å². The number of nitrogens with zero attached hydrogens (tertiary/aromatic N) is 3. The number of benzene rings is 2. The molecule has 1 heterocycles. The van der Waals surface area contributed by atoms with Gasteiger partial charge in [-0.25, -0.2) is 8.42 Å². The molecule has 9 heteroatoms. The fourth-order valence-electron chi connectivity index (χ4n) is 3.46. The lowest BCUT2D eigenvalue weighted by atomic mass is 10.1. The van der Waals surface area contributed by atoms with Gasteiger partial charge in [-0.05, 0) is 50.2 Å². The number of carbonyl (C=O) groups is 1. The van der Waals surface area contributed by atoms with Gasteiger partial charge in [0.1, 0.15) is 11.8 Å². The molecule has 0 N–H and O–H groups in total. The number of halogens is 1. The maximum absolute atomic E-state index is 13.3. The minimum atomic E-state index is -3.47. The number of hydrogen-bond donors (Lipinski definition) is 0. The van der Waals surface area contributed by atoms with Gasteiger partial charge < -0.3 is 14.5 Å². The number of piperazine rings is 1. The third-order valence-electron chi connectivity index (χ3n) is 4.96. The highest BCUT2D eigenvalue weighted by atomic mass is 35.5. The summed E-state index contributed by atoms with van der Waals surface area (Å²) in [5, 5.41) is 9.89. The second-order valence-corrected chi connectivity index (χ2v) is 10.1. The van der Waals surface area contributed by atoms with Crippen LogP contribution in [0.15, 0.2) is 41.3 Å². The fourth-order valence-corrected chi connectivity index (χ4v) is 4.28. The number of hydrogen-bond acceptors (Lipinski definition) is 6. The van der Waals surface area contributed by atoms with E-state index in [4.69, 9.17) is 16.3 Å². The van der Waals surface area contributed by atoms with Crippen molar-refractivity contribution in [2.75, 3.05) is 37.3 Å². The highest BCUT2D eigenvalue weighted by Crippen LogP contribution is 2.28. The molecule has 0 aliphatic carbocycles. The summed E-state index contributed by atoms with van der Waals surface area (Å²) in [5.74, 6) is 0.0803. The van der Waals surface area contributed by atoms with Gasteiger partial charge in [0.2, 0.25) is 0 Å². The molecule has 0 unspecified atom stereocenters. The number of amides is 1. The molecule has 3 rings (SSSR count). The molecule has 0 radical (unpaired) electrons. The van der Waals surface area contributed by atoms with Crippen molar-refractivity contribution in [2.45, 2.75) is 24.8 Å². The van der Waals surface area contributed by atoms with Crippen molar-refractivity contribution in [3.8, 4) is 11.8 Å². The molecule has 2 aromatic rings. The van der Waals surface area contributed by atoms with Crippen LogP contribution in [0.1, 0.15) is 29.8 Å². The minimum absolute atomic E-state index is 0.0745. The Morgan fingerprint density at radius 2 is 1.81 bits per heavy atom. The Hall–Kier alpha value is -2.76. The van der Waals surface area contributed by atoms with Gasteiger partial charge in [-0.15, -0.1) is 0 Å². The molecule has 0 atom stereocenters. The summed E-state index contributed by atoms with van der Waals surface area (Å²) in [6, 6.07) is 11.7. The summed E-state index contributed by atoms with van der Waals surface area (Å²) in [4.78, 5) is 17.0. The van der Waals surface area contributed by atoms with Crippen molar-refractivity contribution in [1.29, 1.82) is 5.26 Å². The van der Waals surface area contributed by atoms with Crippen LogP contribution in [-0.4, -0.2) is 57.8 Å². The monoisotopic (exact) mass is 461 g/mol. The molecule has 0 bridgehead atoms. The molecule has 7 nitrogen and oxygen atoms in total. The predicted octanol–water partition coefficient (Wildman–Crippen LogP) is 3.36. The molecule has 1 saturated heterocycles. The molecule has 1 amide bonds. The summed E-state index contributed by atoms with van der Waals surface area (Å²) < 4.78 is 29.7. The van der Waals surface area contributed by atoms with Crippen LogP contribution in [0.5, 0.6) is 5.75 Å². The normalized spacial score (nSPS) is 14.5. The van der Waals surface area contributed by atoms with Crippen molar-refractivity contribution >= 4 is 33.0 Å². The summed E-state index contributed by atoms with van der Waals surface area (Å²) in [5.41, 5.74) is 1.50. The van der Waals surface area contributed by atoms with Crippen LogP contribution in [0.3, 0.4) is 0 Å². The Bertz CT molecular complexity index is 1130. The van der Waals surface area contributed by atoms with Crippen molar-refractivity contribution in [3.05, 3.63) is 52.5 Å². The average Bonchev–Trinajstić information content (AvgIpc) is 2.72. The van der Waals surface area contributed by atoms with E-state index in [1.165, 1.54) is 18.2 Å². The highest BCUT2D eigenvalue weighted by Gasteiger charge is 2.27. The van der Waals surface area contributed by atoms with Crippen LogP contribution in [0, 0.1) is 11.3 Å². The molecule has 164 valence electrons. The first kappa shape index (κ1) is 22.9. The first-order valence-corrected chi connectivity index (χ1v) is 12.1. The summed E-state index contributed by atoms with van der Waals surface area (Å²) in [6.45, 7) is 5.61. The Balaban J connectivity index is 1.83. The fraction of sp³-hybridized carbons (Fsp3) is 0.364. The smallest absolute Gasteiger partial charge is 0.257 e. The topological polar surface area (TPSA) is 90.7 Å². The summed E-state index contributed by atoms with van der Waals surface area (Å²) >= 11 is 5.99. The van der Waals surface area contributed by atoms with Crippen LogP contribution >= 0.6 is 11.6 Å². The van der Waals surface area contributed by atoms with Crippen LogP contribution in [-0.2, 0) is 9.84 Å². The van der Waals surface area contributed by atoms with E-state index in [0.717, 1.165) is 11.9 Å². The number of rotatable bonds is 5. The van der Waals surface area contributed by atoms with Crippen LogP contribution in [0.4, 0.5) is 5.69 Å². The van der Waals surface area contributed by atoms with Gasteiger partial charge in [0.05, 0.1) is 27.8 Å². The van der Waals surface area contributed by atoms with Crippen molar-refractivity contribution in [3.63, 3.8) is 0 Å². The Labute approximate surface area is 187 Å². The second-order valence-electron chi connectivity index (χ2n) is 7.65. The van der Waals surface area contributed by atoms with Gasteiger partial charge in [0, 0.05) is 37.5 Å². The van der Waals surface area contributed by atoms with E-state index >= 15 is 0 Å². The lowest BCUT2D eigenvalue weighted by Gasteiger charge is -2.36. The quantitative estimate of drug-likeness (QED) is 0.678. The van der Waals surface area contributed by atoms with Crippen molar-refractivity contribution in [2.24, 2.45) is 0 Å². The standard InChI is InChI=1S/C22H24ClN3O4S/c1-15(2)30-21-7-5-18(31(3,28)29)13-19(21)22(27)26-10-8-25(9-11-26)20-6-4-17(23)12-16(20)14-24/h4-7,12-13,15H,8-11H2,1-3H3. The molecule has 1 aliphatic heterocycles. The lowest BCUT2D eigenvalue weighted by Crippen LogP contribution is -2.49. The molecule has 31 heavy (non-hydrogen) atoms. The van der Waals surface area contributed by atoms with Crippen LogP contribution < -0.4 is 9.64 Å². The molecule has 0 spiro atoms. The highest BCUT2D eigenvalue weighted by molar-refractivity contribution is 7.90. The van der Waals surface area contributed by atoms with E-state index < -0.39 is 9.84 Å². The molecule has 2 aromatic carbocycles.